The van der Waals surface area contributed by atoms with E-state index in [2.05, 4.69) is 22.9 Å². The molecule has 2 saturated heterocycles. The van der Waals surface area contributed by atoms with Crippen molar-refractivity contribution >= 4 is 11.8 Å². The summed E-state index contributed by atoms with van der Waals surface area (Å²) in [6.45, 7) is 3.76. The van der Waals surface area contributed by atoms with Crippen LogP contribution in [0.2, 0.25) is 0 Å². The number of piperidine rings is 1. The van der Waals surface area contributed by atoms with E-state index >= 15 is 0 Å². The molecule has 3 N–H and O–H groups in total. The molecule has 2 atom stereocenters. The van der Waals surface area contributed by atoms with Gasteiger partial charge in [-0.05, 0) is 38.4 Å². The highest BCUT2D eigenvalue weighted by Gasteiger charge is 2.39. The van der Waals surface area contributed by atoms with Crippen molar-refractivity contribution in [1.82, 2.24) is 16.0 Å². The lowest BCUT2D eigenvalue weighted by Gasteiger charge is -2.38. The van der Waals surface area contributed by atoms with Crippen molar-refractivity contribution in [2.45, 2.75) is 37.5 Å². The molecule has 3 rings (SSSR count). The monoisotopic (exact) mass is 317 g/mol. The number of amides is 2. The van der Waals surface area contributed by atoms with Gasteiger partial charge in [0.2, 0.25) is 5.91 Å². The van der Waals surface area contributed by atoms with E-state index in [-0.39, 0.29) is 24.0 Å². The normalized spacial score (nSPS) is 27.1. The van der Waals surface area contributed by atoms with E-state index in [0.717, 1.165) is 31.5 Å². The Morgan fingerprint density at radius 3 is 2.65 bits per heavy atom. The summed E-state index contributed by atoms with van der Waals surface area (Å²) in [5.41, 5.74) is 0.644. The minimum absolute atomic E-state index is 0.0836. The summed E-state index contributed by atoms with van der Waals surface area (Å²) in [5.74, 6) is -0.362. The van der Waals surface area contributed by atoms with E-state index in [1.807, 2.05) is 30.3 Å². The fourth-order valence-electron chi connectivity index (χ4n) is 3.17. The second kappa shape index (κ2) is 6.68. The first-order chi connectivity index (χ1) is 11.1. The first-order valence-electron chi connectivity index (χ1n) is 8.06. The standard InChI is InChI=1S/C17H23N3O3/c1-17(7-9-18-10-8-17)20-16(22)15-14(19-13(21)11-23-15)12-5-3-2-4-6-12/h2-6,14-15,18H,7-11H2,1H3,(H,19,21)(H,20,22)/t14-,15+/m1/s1. The van der Waals surface area contributed by atoms with Crippen molar-refractivity contribution in [2.24, 2.45) is 0 Å². The van der Waals surface area contributed by atoms with Crippen LogP contribution in [-0.2, 0) is 14.3 Å². The summed E-state index contributed by atoms with van der Waals surface area (Å²) in [4.78, 5) is 24.4. The number of hydrogen-bond donors (Lipinski definition) is 3. The summed E-state index contributed by atoms with van der Waals surface area (Å²) in [6.07, 6.45) is 1.06. The van der Waals surface area contributed by atoms with Crippen LogP contribution in [0.15, 0.2) is 30.3 Å². The molecular formula is C17H23N3O3. The van der Waals surface area contributed by atoms with Crippen LogP contribution in [0.25, 0.3) is 0 Å². The van der Waals surface area contributed by atoms with Crippen molar-refractivity contribution in [2.75, 3.05) is 19.7 Å². The van der Waals surface area contributed by atoms with Crippen LogP contribution in [-0.4, -0.2) is 43.2 Å². The molecule has 0 radical (unpaired) electrons. The Kier molecular flexibility index (Phi) is 4.63. The van der Waals surface area contributed by atoms with Gasteiger partial charge in [0.15, 0.2) is 6.10 Å². The summed E-state index contributed by atoms with van der Waals surface area (Å²) >= 11 is 0. The highest BCUT2D eigenvalue weighted by molar-refractivity contribution is 5.86. The third-order valence-corrected chi connectivity index (χ3v) is 4.56. The predicted octanol–water partition coefficient (Wildman–Crippen LogP) is 0.501. The van der Waals surface area contributed by atoms with Crippen LogP contribution >= 0.6 is 0 Å². The number of hydrogen-bond acceptors (Lipinski definition) is 4. The fourth-order valence-corrected chi connectivity index (χ4v) is 3.17. The Morgan fingerprint density at radius 1 is 1.26 bits per heavy atom. The Hall–Kier alpha value is -1.92. The molecule has 0 bridgehead atoms. The molecule has 0 unspecified atom stereocenters. The van der Waals surface area contributed by atoms with Crippen LogP contribution in [0.1, 0.15) is 31.4 Å². The maximum atomic E-state index is 12.8. The van der Waals surface area contributed by atoms with Crippen LogP contribution in [0.3, 0.4) is 0 Å². The van der Waals surface area contributed by atoms with Crippen LogP contribution in [0.4, 0.5) is 0 Å². The van der Waals surface area contributed by atoms with Gasteiger partial charge in [-0.1, -0.05) is 30.3 Å². The number of carbonyl (C=O) groups is 2. The molecule has 23 heavy (non-hydrogen) atoms. The zero-order chi connectivity index (χ0) is 16.3. The SMILES string of the molecule is CC1(NC(=O)[C@H]2OCC(=O)N[C@@H]2c2ccccc2)CCNCC1. The smallest absolute Gasteiger partial charge is 0.252 e. The van der Waals surface area contributed by atoms with E-state index in [1.165, 1.54) is 0 Å². The van der Waals surface area contributed by atoms with Gasteiger partial charge in [-0.15, -0.1) is 0 Å². The molecule has 0 spiro atoms. The first kappa shape index (κ1) is 16.0. The van der Waals surface area contributed by atoms with Gasteiger partial charge in [0, 0.05) is 5.54 Å². The molecule has 6 heteroatoms. The maximum absolute atomic E-state index is 12.8. The zero-order valence-electron chi connectivity index (χ0n) is 13.3. The highest BCUT2D eigenvalue weighted by atomic mass is 16.5. The molecule has 124 valence electrons. The molecule has 1 aromatic carbocycles. The van der Waals surface area contributed by atoms with Gasteiger partial charge >= 0.3 is 0 Å². The van der Waals surface area contributed by atoms with E-state index in [0.29, 0.717) is 0 Å². The minimum Gasteiger partial charge on any atom is -0.356 e. The number of rotatable bonds is 3. The fraction of sp³-hybridized carbons (Fsp3) is 0.529. The lowest BCUT2D eigenvalue weighted by atomic mass is 9.89. The van der Waals surface area contributed by atoms with Crippen LogP contribution < -0.4 is 16.0 Å². The summed E-state index contributed by atoms with van der Waals surface area (Å²) in [6, 6.07) is 9.01. The Morgan fingerprint density at radius 2 is 1.96 bits per heavy atom. The minimum atomic E-state index is -0.707. The number of benzene rings is 1. The summed E-state index contributed by atoms with van der Waals surface area (Å²) in [7, 11) is 0. The second-order valence-corrected chi connectivity index (χ2v) is 6.49. The topological polar surface area (TPSA) is 79.5 Å². The third-order valence-electron chi connectivity index (χ3n) is 4.56. The van der Waals surface area contributed by atoms with Crippen molar-refractivity contribution in [3.05, 3.63) is 35.9 Å². The average molecular weight is 317 g/mol. The van der Waals surface area contributed by atoms with Gasteiger partial charge < -0.3 is 20.7 Å². The van der Waals surface area contributed by atoms with Crippen molar-refractivity contribution in [3.63, 3.8) is 0 Å². The van der Waals surface area contributed by atoms with Gasteiger partial charge in [-0.25, -0.2) is 0 Å². The number of nitrogens with one attached hydrogen (secondary N) is 3. The Labute approximate surface area is 136 Å². The Balaban J connectivity index is 1.75. The van der Waals surface area contributed by atoms with Gasteiger partial charge in [0.05, 0.1) is 6.04 Å². The number of ether oxygens (including phenoxy) is 1. The molecule has 2 aliphatic rings. The summed E-state index contributed by atoms with van der Waals surface area (Å²) < 4.78 is 5.57. The van der Waals surface area contributed by atoms with Crippen molar-refractivity contribution < 1.29 is 14.3 Å². The van der Waals surface area contributed by atoms with Gasteiger partial charge in [0.25, 0.3) is 5.91 Å². The molecule has 0 saturated carbocycles. The molecule has 1 aromatic rings. The van der Waals surface area contributed by atoms with Gasteiger partial charge in [0.1, 0.15) is 6.61 Å². The molecule has 2 amide bonds. The Bertz CT molecular complexity index is 570. The largest absolute Gasteiger partial charge is 0.356 e. The predicted molar refractivity (Wildman–Crippen MR) is 85.7 cm³/mol. The molecule has 6 nitrogen and oxygen atoms in total. The lowest BCUT2D eigenvalue weighted by molar-refractivity contribution is -0.149. The van der Waals surface area contributed by atoms with Crippen molar-refractivity contribution in [3.8, 4) is 0 Å². The first-order valence-corrected chi connectivity index (χ1v) is 8.06. The number of morpholine rings is 1. The highest BCUT2D eigenvalue weighted by Crippen LogP contribution is 2.24. The quantitative estimate of drug-likeness (QED) is 0.758. The van der Waals surface area contributed by atoms with E-state index in [4.69, 9.17) is 4.74 Å². The van der Waals surface area contributed by atoms with E-state index < -0.39 is 12.1 Å². The third kappa shape index (κ3) is 3.71. The summed E-state index contributed by atoms with van der Waals surface area (Å²) in [5, 5.41) is 9.29. The maximum Gasteiger partial charge on any atom is 0.252 e. The molecule has 2 heterocycles. The zero-order valence-corrected chi connectivity index (χ0v) is 13.3. The van der Waals surface area contributed by atoms with Gasteiger partial charge in [-0.2, -0.15) is 0 Å². The van der Waals surface area contributed by atoms with Gasteiger partial charge in [-0.3, -0.25) is 9.59 Å². The molecule has 2 fully saturated rings. The van der Waals surface area contributed by atoms with Crippen LogP contribution in [0, 0.1) is 0 Å². The molecule has 2 aliphatic heterocycles. The molecular weight excluding hydrogens is 294 g/mol. The average Bonchev–Trinajstić information content (AvgIpc) is 2.55. The van der Waals surface area contributed by atoms with Crippen LogP contribution in [0.5, 0.6) is 0 Å². The molecule has 0 aliphatic carbocycles. The van der Waals surface area contributed by atoms with E-state index in [9.17, 15) is 9.59 Å². The van der Waals surface area contributed by atoms with Crippen molar-refractivity contribution in [1.29, 1.82) is 0 Å². The second-order valence-electron chi connectivity index (χ2n) is 6.49. The lowest BCUT2D eigenvalue weighted by Crippen LogP contribution is -2.59. The number of carbonyl (C=O) groups excluding carboxylic acids is 2. The molecule has 0 aromatic heterocycles. The van der Waals surface area contributed by atoms with E-state index in [1.54, 1.807) is 0 Å².